The normalized spacial score (nSPS) is 14.1. The maximum Gasteiger partial charge on any atom is 0.156 e. The molecule has 0 aliphatic rings. The molecule has 1 aromatic rings. The average molecular weight is 234 g/mol. The van der Waals surface area contributed by atoms with Gasteiger partial charge in [-0.25, -0.2) is 8.42 Å². The molecule has 6 heteroatoms. The second-order valence-electron chi connectivity index (χ2n) is 3.19. The van der Waals surface area contributed by atoms with Crippen molar-refractivity contribution in [2.75, 3.05) is 5.75 Å². The lowest BCUT2D eigenvalue weighted by Crippen LogP contribution is -2.29. The van der Waals surface area contributed by atoms with Gasteiger partial charge in [0, 0.05) is 17.1 Å². The van der Waals surface area contributed by atoms with Gasteiger partial charge < -0.3 is 5.73 Å². The van der Waals surface area contributed by atoms with E-state index in [9.17, 15) is 8.42 Å². The van der Waals surface area contributed by atoms with Crippen LogP contribution in [0.2, 0.25) is 0 Å². The Morgan fingerprint density at radius 3 is 2.86 bits per heavy atom. The SMILES string of the molecule is CCC(N)CS(=O)(=O)Cc1cncs1. The summed E-state index contributed by atoms with van der Waals surface area (Å²) in [4.78, 5) is 4.60. The number of hydrogen-bond acceptors (Lipinski definition) is 5. The van der Waals surface area contributed by atoms with Gasteiger partial charge in [0.25, 0.3) is 0 Å². The van der Waals surface area contributed by atoms with Crippen LogP contribution in [0.3, 0.4) is 0 Å². The Bertz CT molecular complexity index is 359. The van der Waals surface area contributed by atoms with Crippen LogP contribution in [0, 0.1) is 0 Å². The molecule has 1 atom stereocenters. The Hall–Kier alpha value is -0.460. The molecule has 0 saturated carbocycles. The molecular weight excluding hydrogens is 220 g/mol. The number of aromatic nitrogens is 1. The van der Waals surface area contributed by atoms with Crippen molar-refractivity contribution >= 4 is 21.2 Å². The molecule has 0 aromatic carbocycles. The molecule has 0 saturated heterocycles. The fourth-order valence-corrected chi connectivity index (χ4v) is 3.74. The smallest absolute Gasteiger partial charge is 0.156 e. The van der Waals surface area contributed by atoms with Crippen LogP contribution in [0.1, 0.15) is 18.2 Å². The van der Waals surface area contributed by atoms with Gasteiger partial charge in [0.15, 0.2) is 9.84 Å². The topological polar surface area (TPSA) is 73.1 Å². The van der Waals surface area contributed by atoms with Crippen LogP contribution in [0.5, 0.6) is 0 Å². The Labute approximate surface area is 88.1 Å². The summed E-state index contributed by atoms with van der Waals surface area (Å²) in [6.45, 7) is 1.88. The quantitative estimate of drug-likeness (QED) is 0.817. The van der Waals surface area contributed by atoms with Crippen molar-refractivity contribution in [1.29, 1.82) is 0 Å². The average Bonchev–Trinajstić information content (AvgIpc) is 2.54. The number of sulfone groups is 1. The summed E-state index contributed by atoms with van der Waals surface area (Å²) in [5.41, 5.74) is 7.23. The molecule has 0 radical (unpaired) electrons. The Balaban J connectivity index is 2.59. The van der Waals surface area contributed by atoms with Gasteiger partial charge in [-0.1, -0.05) is 6.92 Å². The first kappa shape index (κ1) is 11.6. The highest BCUT2D eigenvalue weighted by Gasteiger charge is 2.16. The predicted molar refractivity (Wildman–Crippen MR) is 57.9 cm³/mol. The first-order valence-electron chi connectivity index (χ1n) is 4.37. The van der Waals surface area contributed by atoms with Gasteiger partial charge >= 0.3 is 0 Å². The van der Waals surface area contributed by atoms with E-state index in [2.05, 4.69) is 4.98 Å². The van der Waals surface area contributed by atoms with Gasteiger partial charge in [-0.15, -0.1) is 11.3 Å². The molecule has 0 amide bonds. The van der Waals surface area contributed by atoms with Crippen LogP contribution in [-0.2, 0) is 15.6 Å². The number of nitrogens with two attached hydrogens (primary N) is 1. The molecule has 0 bridgehead atoms. The molecule has 0 aliphatic carbocycles. The van der Waals surface area contributed by atoms with E-state index in [-0.39, 0.29) is 17.5 Å². The third-order valence-electron chi connectivity index (χ3n) is 1.84. The van der Waals surface area contributed by atoms with Crippen LogP contribution in [-0.4, -0.2) is 25.2 Å². The standard InChI is InChI=1S/C8H14N2O2S2/c1-2-7(9)4-14(11,12)5-8-3-10-6-13-8/h3,6-7H,2,4-5,9H2,1H3. The Morgan fingerprint density at radius 1 is 1.64 bits per heavy atom. The number of hydrogen-bond donors (Lipinski definition) is 1. The number of thiazole rings is 1. The van der Waals surface area contributed by atoms with Crippen molar-refractivity contribution in [2.45, 2.75) is 25.1 Å². The van der Waals surface area contributed by atoms with E-state index in [1.165, 1.54) is 11.3 Å². The van der Waals surface area contributed by atoms with E-state index in [1.807, 2.05) is 6.92 Å². The molecular formula is C8H14N2O2S2. The van der Waals surface area contributed by atoms with E-state index >= 15 is 0 Å². The third kappa shape index (κ3) is 3.73. The molecule has 2 N–H and O–H groups in total. The van der Waals surface area contributed by atoms with Gasteiger partial charge in [0.1, 0.15) is 0 Å². The fourth-order valence-electron chi connectivity index (χ4n) is 1.03. The maximum absolute atomic E-state index is 11.6. The minimum atomic E-state index is -3.07. The first-order chi connectivity index (χ1) is 6.53. The minimum absolute atomic E-state index is 0.0569. The molecule has 1 heterocycles. The molecule has 0 fully saturated rings. The van der Waals surface area contributed by atoms with E-state index in [1.54, 1.807) is 11.7 Å². The second-order valence-corrected chi connectivity index (χ2v) is 6.27. The monoisotopic (exact) mass is 234 g/mol. The fraction of sp³-hybridized carbons (Fsp3) is 0.625. The van der Waals surface area contributed by atoms with E-state index in [0.717, 1.165) is 4.88 Å². The van der Waals surface area contributed by atoms with Gasteiger partial charge in [-0.3, -0.25) is 4.98 Å². The zero-order chi connectivity index (χ0) is 10.6. The van der Waals surface area contributed by atoms with E-state index < -0.39 is 9.84 Å². The van der Waals surface area contributed by atoms with Crippen LogP contribution < -0.4 is 5.73 Å². The zero-order valence-electron chi connectivity index (χ0n) is 8.01. The molecule has 4 nitrogen and oxygen atoms in total. The van der Waals surface area contributed by atoms with Crippen molar-refractivity contribution in [3.05, 3.63) is 16.6 Å². The van der Waals surface area contributed by atoms with Crippen LogP contribution >= 0.6 is 11.3 Å². The molecule has 14 heavy (non-hydrogen) atoms. The summed E-state index contributed by atoms with van der Waals surface area (Å²) >= 11 is 1.35. The van der Waals surface area contributed by atoms with Crippen molar-refractivity contribution in [1.82, 2.24) is 4.98 Å². The second kappa shape index (κ2) is 4.86. The summed E-state index contributed by atoms with van der Waals surface area (Å²) < 4.78 is 23.1. The minimum Gasteiger partial charge on any atom is -0.327 e. The summed E-state index contributed by atoms with van der Waals surface area (Å²) in [5, 5.41) is 0. The molecule has 80 valence electrons. The number of nitrogens with zero attached hydrogens (tertiary/aromatic N) is 1. The summed E-state index contributed by atoms with van der Waals surface area (Å²) in [5.74, 6) is 0.118. The van der Waals surface area contributed by atoms with Crippen molar-refractivity contribution < 1.29 is 8.42 Å². The predicted octanol–water partition coefficient (Wildman–Crippen LogP) is 0.795. The van der Waals surface area contributed by atoms with Gasteiger partial charge in [-0.05, 0) is 6.42 Å². The highest BCUT2D eigenvalue weighted by molar-refractivity contribution is 7.90. The Morgan fingerprint density at radius 2 is 2.36 bits per heavy atom. The lowest BCUT2D eigenvalue weighted by molar-refractivity contribution is 0.583. The summed E-state index contributed by atoms with van der Waals surface area (Å²) in [7, 11) is -3.07. The number of rotatable bonds is 5. The van der Waals surface area contributed by atoms with Crippen molar-refractivity contribution in [2.24, 2.45) is 5.73 Å². The maximum atomic E-state index is 11.6. The largest absolute Gasteiger partial charge is 0.327 e. The van der Waals surface area contributed by atoms with Crippen LogP contribution in [0.15, 0.2) is 11.7 Å². The lowest BCUT2D eigenvalue weighted by atomic mass is 10.3. The molecule has 1 aromatic heterocycles. The van der Waals surface area contributed by atoms with Crippen molar-refractivity contribution in [3.8, 4) is 0 Å². The zero-order valence-corrected chi connectivity index (χ0v) is 9.64. The van der Waals surface area contributed by atoms with E-state index in [4.69, 9.17) is 5.73 Å². The molecule has 0 spiro atoms. The lowest BCUT2D eigenvalue weighted by Gasteiger charge is -2.08. The molecule has 1 rings (SSSR count). The van der Waals surface area contributed by atoms with Crippen LogP contribution in [0.25, 0.3) is 0 Å². The summed E-state index contributed by atoms with van der Waals surface area (Å²) in [6, 6.07) is -0.257. The molecule has 1 unspecified atom stereocenters. The van der Waals surface area contributed by atoms with Gasteiger partial charge in [0.05, 0.1) is 17.0 Å². The van der Waals surface area contributed by atoms with Gasteiger partial charge in [0.2, 0.25) is 0 Å². The van der Waals surface area contributed by atoms with Crippen LogP contribution in [0.4, 0.5) is 0 Å². The van der Waals surface area contributed by atoms with Gasteiger partial charge in [-0.2, -0.15) is 0 Å². The van der Waals surface area contributed by atoms with Crippen molar-refractivity contribution in [3.63, 3.8) is 0 Å². The van der Waals surface area contributed by atoms with E-state index in [0.29, 0.717) is 6.42 Å². The highest BCUT2D eigenvalue weighted by Crippen LogP contribution is 2.11. The first-order valence-corrected chi connectivity index (χ1v) is 7.07. The molecule has 0 aliphatic heterocycles. The summed E-state index contributed by atoms with van der Waals surface area (Å²) in [6.07, 6.45) is 2.27. The highest BCUT2D eigenvalue weighted by atomic mass is 32.2. The third-order valence-corrected chi connectivity index (χ3v) is 4.49. The Kier molecular flexibility index (Phi) is 4.03.